The van der Waals surface area contributed by atoms with Crippen LogP contribution in [0.4, 0.5) is 18.9 Å². The molecule has 0 fully saturated rings. The highest BCUT2D eigenvalue weighted by molar-refractivity contribution is 9.10. The van der Waals surface area contributed by atoms with Gasteiger partial charge in [0.15, 0.2) is 0 Å². The first-order valence-corrected chi connectivity index (χ1v) is 5.06. The normalized spacial score (nSPS) is 11.5. The second-order valence-corrected chi connectivity index (χ2v) is 3.78. The third-order valence-corrected chi connectivity index (χ3v) is 2.47. The van der Waals surface area contributed by atoms with Gasteiger partial charge in [0.05, 0.1) is 4.47 Å². The highest BCUT2D eigenvalue weighted by Crippen LogP contribution is 2.34. The number of rotatable bonds is 2. The number of alkyl halides is 4. The fourth-order valence-electron chi connectivity index (χ4n) is 0.929. The summed E-state index contributed by atoms with van der Waals surface area (Å²) in [5.74, 6) is -0.259. The van der Waals surface area contributed by atoms with Gasteiger partial charge in [-0.05, 0) is 27.6 Å². The van der Waals surface area contributed by atoms with Gasteiger partial charge in [0, 0.05) is 17.6 Å². The van der Waals surface area contributed by atoms with E-state index in [4.69, 9.17) is 17.3 Å². The molecular weight excluding hydrogens is 298 g/mol. The smallest absolute Gasteiger partial charge is 0.405 e. The molecule has 0 heterocycles. The molecule has 0 aliphatic carbocycles. The fourth-order valence-corrected chi connectivity index (χ4v) is 1.63. The molecule has 15 heavy (non-hydrogen) atoms. The van der Waals surface area contributed by atoms with E-state index < -0.39 is 6.36 Å². The lowest BCUT2D eigenvalue weighted by molar-refractivity contribution is -0.274. The van der Waals surface area contributed by atoms with Crippen LogP contribution < -0.4 is 10.5 Å². The van der Waals surface area contributed by atoms with E-state index >= 15 is 0 Å². The van der Waals surface area contributed by atoms with Gasteiger partial charge in [0.2, 0.25) is 0 Å². The predicted octanol–water partition coefficient (Wildman–Crippen LogP) is 3.67. The van der Waals surface area contributed by atoms with Gasteiger partial charge in [0.25, 0.3) is 0 Å². The first-order valence-electron chi connectivity index (χ1n) is 3.73. The van der Waals surface area contributed by atoms with Crippen LogP contribution in [0.1, 0.15) is 5.56 Å². The van der Waals surface area contributed by atoms with E-state index in [0.29, 0.717) is 5.56 Å². The maximum absolute atomic E-state index is 11.9. The molecule has 0 saturated carbocycles. The Morgan fingerprint density at radius 3 is 2.47 bits per heavy atom. The fraction of sp³-hybridized carbons (Fsp3) is 0.250. The molecule has 1 rings (SSSR count). The number of benzene rings is 1. The quantitative estimate of drug-likeness (QED) is 0.668. The maximum Gasteiger partial charge on any atom is 0.573 e. The molecule has 0 bridgehead atoms. The summed E-state index contributed by atoms with van der Waals surface area (Å²) in [6.45, 7) is 0. The molecule has 0 aromatic heterocycles. The number of hydrogen-bond donors (Lipinski definition) is 1. The van der Waals surface area contributed by atoms with Crippen molar-refractivity contribution in [2.75, 3.05) is 5.73 Å². The SMILES string of the molecule is Nc1cc(OC(F)(F)F)c(Br)cc1CCl. The molecule has 2 N–H and O–H groups in total. The van der Waals surface area contributed by atoms with Crippen LogP contribution in [-0.2, 0) is 5.88 Å². The van der Waals surface area contributed by atoms with Crippen LogP contribution in [0.25, 0.3) is 0 Å². The zero-order valence-corrected chi connectivity index (χ0v) is 9.58. The van der Waals surface area contributed by atoms with Crippen LogP contribution >= 0.6 is 27.5 Å². The van der Waals surface area contributed by atoms with Gasteiger partial charge >= 0.3 is 6.36 Å². The van der Waals surface area contributed by atoms with Crippen LogP contribution in [0.15, 0.2) is 16.6 Å². The van der Waals surface area contributed by atoms with Crippen molar-refractivity contribution in [3.05, 3.63) is 22.2 Å². The Hall–Kier alpha value is -0.620. The van der Waals surface area contributed by atoms with E-state index in [1.54, 1.807) is 0 Å². The molecular formula is C8H6BrClF3NO. The molecule has 1 aromatic rings. The summed E-state index contributed by atoms with van der Waals surface area (Å²) in [4.78, 5) is 0. The Bertz CT molecular complexity index is 370. The van der Waals surface area contributed by atoms with E-state index in [0.717, 1.165) is 6.07 Å². The summed E-state index contributed by atoms with van der Waals surface area (Å²) in [7, 11) is 0. The molecule has 84 valence electrons. The van der Waals surface area contributed by atoms with Gasteiger partial charge in [0.1, 0.15) is 5.75 Å². The van der Waals surface area contributed by atoms with Crippen molar-refractivity contribution in [2.45, 2.75) is 12.2 Å². The van der Waals surface area contributed by atoms with Gasteiger partial charge in [-0.2, -0.15) is 0 Å². The third-order valence-electron chi connectivity index (χ3n) is 1.56. The number of nitrogen functional groups attached to an aromatic ring is 1. The Morgan fingerprint density at radius 2 is 2.00 bits per heavy atom. The average Bonchev–Trinajstić information content (AvgIpc) is 2.08. The summed E-state index contributed by atoms with van der Waals surface area (Å²) in [5.41, 5.74) is 6.17. The molecule has 0 aliphatic rings. The topological polar surface area (TPSA) is 35.2 Å². The average molecular weight is 304 g/mol. The number of anilines is 1. The molecule has 2 nitrogen and oxygen atoms in total. The lowest BCUT2D eigenvalue weighted by Crippen LogP contribution is -2.17. The van der Waals surface area contributed by atoms with Crippen LogP contribution in [0.5, 0.6) is 5.75 Å². The summed E-state index contributed by atoms with van der Waals surface area (Å²) >= 11 is 8.46. The Kier molecular flexibility index (Phi) is 3.72. The van der Waals surface area contributed by atoms with Crippen molar-refractivity contribution in [2.24, 2.45) is 0 Å². The third kappa shape index (κ3) is 3.46. The van der Waals surface area contributed by atoms with E-state index in [-0.39, 0.29) is 21.8 Å². The zero-order chi connectivity index (χ0) is 11.6. The van der Waals surface area contributed by atoms with Crippen molar-refractivity contribution < 1.29 is 17.9 Å². The molecule has 0 amide bonds. The highest BCUT2D eigenvalue weighted by Gasteiger charge is 2.32. The van der Waals surface area contributed by atoms with Gasteiger partial charge in [-0.1, -0.05) is 0 Å². The maximum atomic E-state index is 11.9. The lowest BCUT2D eigenvalue weighted by Gasteiger charge is -2.12. The minimum atomic E-state index is -4.74. The molecule has 0 spiro atoms. The van der Waals surface area contributed by atoms with Crippen molar-refractivity contribution in [1.29, 1.82) is 0 Å². The number of ether oxygens (including phenoxy) is 1. The van der Waals surface area contributed by atoms with Gasteiger partial charge < -0.3 is 10.5 Å². The van der Waals surface area contributed by atoms with E-state index in [2.05, 4.69) is 20.7 Å². The largest absolute Gasteiger partial charge is 0.573 e. The van der Waals surface area contributed by atoms with Crippen LogP contribution in [0.2, 0.25) is 0 Å². The Labute approximate surface area is 97.3 Å². The van der Waals surface area contributed by atoms with Gasteiger partial charge in [-0.3, -0.25) is 0 Å². The Balaban J connectivity index is 3.05. The zero-order valence-electron chi connectivity index (χ0n) is 7.24. The van der Waals surface area contributed by atoms with Crippen LogP contribution in [-0.4, -0.2) is 6.36 Å². The first kappa shape index (κ1) is 12.4. The Morgan fingerprint density at radius 1 is 1.40 bits per heavy atom. The molecule has 0 atom stereocenters. The van der Waals surface area contributed by atoms with E-state index in [1.807, 2.05) is 0 Å². The highest BCUT2D eigenvalue weighted by atomic mass is 79.9. The molecule has 0 aliphatic heterocycles. The minimum Gasteiger partial charge on any atom is -0.405 e. The van der Waals surface area contributed by atoms with Gasteiger partial charge in [-0.15, -0.1) is 24.8 Å². The standard InChI is InChI=1S/C8H6BrClF3NO/c9-5-1-4(3-10)6(14)2-7(5)15-8(11,12)13/h1-2H,3,14H2. The van der Waals surface area contributed by atoms with Crippen LogP contribution in [0.3, 0.4) is 0 Å². The summed E-state index contributed by atoms with van der Waals surface area (Å²) in [5, 5.41) is 0. The molecule has 7 heteroatoms. The van der Waals surface area contributed by atoms with Crippen molar-refractivity contribution in [3.8, 4) is 5.75 Å². The molecule has 1 aromatic carbocycles. The van der Waals surface area contributed by atoms with E-state index in [1.165, 1.54) is 6.07 Å². The predicted molar refractivity (Wildman–Crippen MR) is 54.8 cm³/mol. The molecule has 0 saturated heterocycles. The van der Waals surface area contributed by atoms with Gasteiger partial charge in [-0.25, -0.2) is 0 Å². The molecule has 0 radical (unpaired) electrons. The lowest BCUT2D eigenvalue weighted by atomic mass is 10.2. The monoisotopic (exact) mass is 303 g/mol. The minimum absolute atomic E-state index is 0.122. The second kappa shape index (κ2) is 4.49. The van der Waals surface area contributed by atoms with Crippen LogP contribution in [0, 0.1) is 0 Å². The van der Waals surface area contributed by atoms with Crippen molar-refractivity contribution >= 4 is 33.2 Å². The summed E-state index contributed by atoms with van der Waals surface area (Å²) in [6, 6.07) is 2.47. The number of halogens is 5. The van der Waals surface area contributed by atoms with Crippen molar-refractivity contribution in [1.82, 2.24) is 0 Å². The summed E-state index contributed by atoms with van der Waals surface area (Å²) < 4.78 is 39.7. The second-order valence-electron chi connectivity index (χ2n) is 2.66. The number of hydrogen-bond acceptors (Lipinski definition) is 2. The first-order chi connectivity index (χ1) is 6.83. The number of nitrogens with two attached hydrogens (primary N) is 1. The van der Waals surface area contributed by atoms with E-state index in [9.17, 15) is 13.2 Å². The van der Waals surface area contributed by atoms with Crippen molar-refractivity contribution in [3.63, 3.8) is 0 Å². The summed E-state index contributed by atoms with van der Waals surface area (Å²) in [6.07, 6.45) is -4.74. The molecule has 0 unspecified atom stereocenters.